The van der Waals surface area contributed by atoms with Gasteiger partial charge in [-0.1, -0.05) is 18.2 Å². The molecule has 0 unspecified atom stereocenters. The molecule has 3 heterocycles. The summed E-state index contributed by atoms with van der Waals surface area (Å²) in [5, 5.41) is 3.82. The van der Waals surface area contributed by atoms with Crippen LogP contribution in [0.4, 0.5) is 0 Å². The van der Waals surface area contributed by atoms with Gasteiger partial charge >= 0.3 is 5.69 Å². The monoisotopic (exact) mass is 381 g/mol. The van der Waals surface area contributed by atoms with Crippen LogP contribution in [0.1, 0.15) is 18.7 Å². The van der Waals surface area contributed by atoms with Crippen LogP contribution in [-0.2, 0) is 25.4 Å². The molecule has 28 heavy (non-hydrogen) atoms. The second kappa shape index (κ2) is 6.52. The fraction of sp³-hybridized carbons (Fsp3) is 0.263. The number of carbonyl (C=O) groups is 1. The van der Waals surface area contributed by atoms with E-state index in [1.165, 1.54) is 29.6 Å². The summed E-state index contributed by atoms with van der Waals surface area (Å²) in [6, 6.07) is 9.15. The van der Waals surface area contributed by atoms with Crippen molar-refractivity contribution in [2.75, 3.05) is 0 Å². The fourth-order valence-electron chi connectivity index (χ4n) is 3.25. The molecule has 0 bridgehead atoms. The summed E-state index contributed by atoms with van der Waals surface area (Å²) in [6.07, 6.45) is 1.39. The van der Waals surface area contributed by atoms with Gasteiger partial charge in [-0.05, 0) is 19.1 Å². The zero-order valence-electron chi connectivity index (χ0n) is 15.7. The molecule has 1 N–H and O–H groups in total. The standard InChI is InChI=1S/C19H19N5O4/c1-11(14-8-12-6-4-5-7-13(12)28-14)21-15(25)9-24-10-20-17-16(24)18(26)23(3)19(27)22(17)2/h4-8,10-11H,9H2,1-3H3,(H,21,25)/t11-/m0/s1. The Morgan fingerprint density at radius 1 is 1.21 bits per heavy atom. The van der Waals surface area contributed by atoms with Crippen molar-refractivity contribution in [1.82, 2.24) is 24.0 Å². The van der Waals surface area contributed by atoms with E-state index in [1.807, 2.05) is 37.3 Å². The third kappa shape index (κ3) is 2.81. The molecule has 0 saturated carbocycles. The average Bonchev–Trinajstić information content (AvgIpc) is 3.29. The number of rotatable bonds is 4. The minimum atomic E-state index is -0.492. The molecule has 0 radical (unpaired) electrons. The van der Waals surface area contributed by atoms with E-state index in [-0.39, 0.29) is 29.7 Å². The number of benzene rings is 1. The number of nitrogens with one attached hydrogen (secondary N) is 1. The van der Waals surface area contributed by atoms with Crippen molar-refractivity contribution in [3.8, 4) is 0 Å². The van der Waals surface area contributed by atoms with Gasteiger partial charge in [-0.15, -0.1) is 0 Å². The molecule has 1 atom stereocenters. The number of carbonyl (C=O) groups excluding carboxylic acids is 1. The lowest BCUT2D eigenvalue weighted by atomic mass is 10.2. The van der Waals surface area contributed by atoms with Crippen LogP contribution >= 0.6 is 0 Å². The Balaban J connectivity index is 1.58. The Hall–Kier alpha value is -3.62. The number of nitrogens with zero attached hydrogens (tertiary/aromatic N) is 4. The van der Waals surface area contributed by atoms with Crippen molar-refractivity contribution < 1.29 is 9.21 Å². The van der Waals surface area contributed by atoms with Gasteiger partial charge in [0.1, 0.15) is 17.9 Å². The summed E-state index contributed by atoms with van der Waals surface area (Å²) in [7, 11) is 2.93. The molecule has 0 fully saturated rings. The highest BCUT2D eigenvalue weighted by Crippen LogP contribution is 2.23. The smallest absolute Gasteiger partial charge is 0.332 e. The largest absolute Gasteiger partial charge is 0.459 e. The van der Waals surface area contributed by atoms with E-state index >= 15 is 0 Å². The number of aromatic nitrogens is 4. The number of aryl methyl sites for hydroxylation is 1. The van der Waals surface area contributed by atoms with Gasteiger partial charge in [0, 0.05) is 19.5 Å². The number of furan rings is 1. The van der Waals surface area contributed by atoms with Crippen LogP contribution in [0.3, 0.4) is 0 Å². The van der Waals surface area contributed by atoms with Crippen LogP contribution in [-0.4, -0.2) is 24.6 Å². The highest BCUT2D eigenvalue weighted by molar-refractivity contribution is 5.80. The molecule has 0 aliphatic carbocycles. The maximum Gasteiger partial charge on any atom is 0.332 e. The minimum Gasteiger partial charge on any atom is -0.459 e. The molecule has 144 valence electrons. The zero-order chi connectivity index (χ0) is 20.0. The Labute approximate surface area is 158 Å². The van der Waals surface area contributed by atoms with E-state index in [4.69, 9.17) is 4.42 Å². The maximum absolute atomic E-state index is 12.5. The Bertz CT molecular complexity index is 1290. The summed E-state index contributed by atoms with van der Waals surface area (Å²) in [4.78, 5) is 41.1. The summed E-state index contributed by atoms with van der Waals surface area (Å²) >= 11 is 0. The summed E-state index contributed by atoms with van der Waals surface area (Å²) in [5.74, 6) is 0.339. The van der Waals surface area contributed by atoms with Crippen molar-refractivity contribution >= 4 is 28.0 Å². The second-order valence-electron chi connectivity index (χ2n) is 6.73. The lowest BCUT2D eigenvalue weighted by Gasteiger charge is -2.12. The number of fused-ring (bicyclic) bond motifs is 2. The van der Waals surface area contributed by atoms with Gasteiger partial charge in [-0.2, -0.15) is 0 Å². The van der Waals surface area contributed by atoms with Gasteiger partial charge in [0.15, 0.2) is 11.2 Å². The molecule has 3 aromatic heterocycles. The van der Waals surface area contributed by atoms with E-state index in [2.05, 4.69) is 10.3 Å². The summed E-state index contributed by atoms with van der Waals surface area (Å²) in [5.41, 5.74) is 0.241. The minimum absolute atomic E-state index is 0.103. The van der Waals surface area contributed by atoms with Gasteiger partial charge in [0.25, 0.3) is 5.56 Å². The molecular weight excluding hydrogens is 362 g/mol. The number of hydrogen-bond donors (Lipinski definition) is 1. The molecule has 9 nitrogen and oxygen atoms in total. The van der Waals surface area contributed by atoms with Crippen molar-refractivity contribution in [2.24, 2.45) is 14.1 Å². The van der Waals surface area contributed by atoms with Crippen LogP contribution in [0.25, 0.3) is 22.1 Å². The molecule has 0 aliphatic heterocycles. The molecule has 4 rings (SSSR count). The first kappa shape index (κ1) is 17.8. The Morgan fingerprint density at radius 2 is 1.96 bits per heavy atom. The Morgan fingerprint density at radius 3 is 2.71 bits per heavy atom. The summed E-state index contributed by atoms with van der Waals surface area (Å²) < 4.78 is 9.49. The predicted molar refractivity (Wildman–Crippen MR) is 103 cm³/mol. The van der Waals surface area contributed by atoms with E-state index in [0.717, 1.165) is 15.5 Å². The number of imidazole rings is 1. The van der Waals surface area contributed by atoms with Crippen molar-refractivity contribution in [3.63, 3.8) is 0 Å². The molecule has 1 amide bonds. The normalized spacial score (nSPS) is 12.5. The number of amides is 1. The highest BCUT2D eigenvalue weighted by atomic mass is 16.3. The van der Waals surface area contributed by atoms with Crippen LogP contribution in [0, 0.1) is 0 Å². The van der Waals surface area contributed by atoms with Gasteiger partial charge < -0.3 is 14.3 Å². The second-order valence-corrected chi connectivity index (χ2v) is 6.73. The predicted octanol–water partition coefficient (Wildman–Crippen LogP) is 1.06. The fourth-order valence-corrected chi connectivity index (χ4v) is 3.25. The molecular formula is C19H19N5O4. The molecule has 4 aromatic rings. The zero-order valence-corrected chi connectivity index (χ0v) is 15.7. The van der Waals surface area contributed by atoms with E-state index < -0.39 is 11.2 Å². The quantitative estimate of drug-likeness (QED) is 0.569. The first-order valence-corrected chi connectivity index (χ1v) is 8.75. The number of hydrogen-bond acceptors (Lipinski definition) is 5. The SMILES string of the molecule is C[C@H](NC(=O)Cn1cnc2c1c(=O)n(C)c(=O)n2C)c1cc2ccccc2o1. The van der Waals surface area contributed by atoms with E-state index in [0.29, 0.717) is 5.76 Å². The third-order valence-electron chi connectivity index (χ3n) is 4.78. The topological polar surface area (TPSA) is 104 Å². The molecule has 0 aliphatic rings. The van der Waals surface area contributed by atoms with Crippen molar-refractivity contribution in [1.29, 1.82) is 0 Å². The Kier molecular flexibility index (Phi) is 4.14. The van der Waals surface area contributed by atoms with Crippen molar-refractivity contribution in [3.05, 3.63) is 63.3 Å². The van der Waals surface area contributed by atoms with Crippen LogP contribution in [0.2, 0.25) is 0 Å². The number of para-hydroxylation sites is 1. The molecule has 0 saturated heterocycles. The van der Waals surface area contributed by atoms with Crippen molar-refractivity contribution in [2.45, 2.75) is 19.5 Å². The third-order valence-corrected chi connectivity index (χ3v) is 4.78. The first-order valence-electron chi connectivity index (χ1n) is 8.75. The van der Waals surface area contributed by atoms with E-state index in [9.17, 15) is 14.4 Å². The maximum atomic E-state index is 12.5. The first-order chi connectivity index (χ1) is 13.4. The van der Waals surface area contributed by atoms with Gasteiger partial charge in [0.2, 0.25) is 5.91 Å². The summed E-state index contributed by atoms with van der Waals surface area (Å²) in [6.45, 7) is 1.72. The van der Waals surface area contributed by atoms with Gasteiger partial charge in [0.05, 0.1) is 12.4 Å². The lowest BCUT2D eigenvalue weighted by molar-refractivity contribution is -0.122. The molecule has 0 spiro atoms. The van der Waals surface area contributed by atoms with Gasteiger partial charge in [-0.3, -0.25) is 18.7 Å². The van der Waals surface area contributed by atoms with E-state index in [1.54, 1.807) is 0 Å². The van der Waals surface area contributed by atoms with Crippen LogP contribution in [0.5, 0.6) is 0 Å². The average molecular weight is 381 g/mol. The van der Waals surface area contributed by atoms with Crippen LogP contribution < -0.4 is 16.6 Å². The molecule has 9 heteroatoms. The highest BCUT2D eigenvalue weighted by Gasteiger charge is 2.18. The molecule has 1 aromatic carbocycles. The van der Waals surface area contributed by atoms with Crippen LogP contribution in [0.15, 0.2) is 50.7 Å². The lowest BCUT2D eigenvalue weighted by Crippen LogP contribution is -2.38. The van der Waals surface area contributed by atoms with Gasteiger partial charge in [-0.25, -0.2) is 9.78 Å².